The Morgan fingerprint density at radius 3 is 2.08 bits per heavy atom. The van der Waals surface area contributed by atoms with Crippen molar-refractivity contribution in [1.82, 2.24) is 0 Å². The molecule has 0 saturated carbocycles. The molecular weight excluding hydrogens is 336 g/mol. The van der Waals surface area contributed by atoms with Crippen LogP contribution in [0.3, 0.4) is 0 Å². The number of rotatable bonds is 2. The fraction of sp³-hybridized carbons (Fsp3) is 0.412. The minimum absolute atomic E-state index is 0.178. The van der Waals surface area contributed by atoms with Crippen molar-refractivity contribution in [2.75, 3.05) is 0 Å². The molecule has 0 amide bonds. The molecule has 0 spiro atoms. The smallest absolute Gasteiger partial charge is 0.399 e. The molecule has 1 fully saturated rings. The van der Waals surface area contributed by atoms with Gasteiger partial charge in [-0.15, -0.1) is 11.3 Å². The van der Waals surface area contributed by atoms with E-state index in [9.17, 15) is 13.2 Å². The van der Waals surface area contributed by atoms with Crippen LogP contribution in [0.25, 0.3) is 10.4 Å². The van der Waals surface area contributed by atoms with Gasteiger partial charge in [-0.2, -0.15) is 13.2 Å². The predicted octanol–water partition coefficient (Wildman–Crippen LogP) is 4.73. The summed E-state index contributed by atoms with van der Waals surface area (Å²) in [7, 11) is -0.563. The molecule has 3 rings (SSSR count). The molecule has 2 aromatic rings. The van der Waals surface area contributed by atoms with E-state index in [4.69, 9.17) is 9.31 Å². The third-order valence-corrected chi connectivity index (χ3v) is 5.75. The highest BCUT2D eigenvalue weighted by Crippen LogP contribution is 2.40. The highest BCUT2D eigenvalue weighted by Gasteiger charge is 2.52. The van der Waals surface area contributed by atoms with Crippen molar-refractivity contribution < 1.29 is 22.5 Å². The van der Waals surface area contributed by atoms with E-state index < -0.39 is 30.1 Å². The lowest BCUT2D eigenvalue weighted by molar-refractivity contribution is -0.137. The van der Waals surface area contributed by atoms with Crippen LogP contribution in [0.4, 0.5) is 13.2 Å². The first-order chi connectivity index (χ1) is 11.0. The van der Waals surface area contributed by atoms with Crippen molar-refractivity contribution in [3.05, 3.63) is 42.0 Å². The molecule has 2 heterocycles. The molecule has 0 atom stereocenters. The van der Waals surface area contributed by atoms with E-state index in [0.29, 0.717) is 4.88 Å². The Morgan fingerprint density at radius 2 is 1.50 bits per heavy atom. The third kappa shape index (κ3) is 3.00. The van der Waals surface area contributed by atoms with E-state index in [1.165, 1.54) is 23.5 Å². The Hall–Kier alpha value is -1.31. The summed E-state index contributed by atoms with van der Waals surface area (Å²) in [5, 5.41) is 0. The van der Waals surface area contributed by atoms with Crippen LogP contribution in [0, 0.1) is 0 Å². The summed E-state index contributed by atoms with van der Waals surface area (Å²) in [5.41, 5.74) is -1.41. The molecule has 128 valence electrons. The monoisotopic (exact) mass is 354 g/mol. The van der Waals surface area contributed by atoms with E-state index in [1.54, 1.807) is 18.2 Å². The molecule has 24 heavy (non-hydrogen) atoms. The quantitative estimate of drug-likeness (QED) is 0.726. The second kappa shape index (κ2) is 5.61. The van der Waals surface area contributed by atoms with Crippen molar-refractivity contribution in [3.63, 3.8) is 0 Å². The average Bonchev–Trinajstić information content (AvgIpc) is 3.01. The lowest BCUT2D eigenvalue weighted by Gasteiger charge is -2.32. The van der Waals surface area contributed by atoms with Gasteiger partial charge in [0.1, 0.15) is 0 Å². The third-order valence-electron chi connectivity index (χ3n) is 4.61. The molecule has 1 saturated heterocycles. The molecule has 0 unspecified atom stereocenters. The molecule has 1 aliphatic heterocycles. The summed E-state index contributed by atoms with van der Waals surface area (Å²) in [5.74, 6) is 0. The maximum atomic E-state index is 13.2. The van der Waals surface area contributed by atoms with Gasteiger partial charge in [0, 0.05) is 15.2 Å². The first kappa shape index (κ1) is 17.5. The topological polar surface area (TPSA) is 18.5 Å². The number of hydrogen-bond acceptors (Lipinski definition) is 3. The van der Waals surface area contributed by atoms with Crippen molar-refractivity contribution in [2.24, 2.45) is 0 Å². The van der Waals surface area contributed by atoms with Gasteiger partial charge >= 0.3 is 13.3 Å². The van der Waals surface area contributed by atoms with Gasteiger partial charge in [-0.3, -0.25) is 0 Å². The number of hydrogen-bond donors (Lipinski definition) is 0. The zero-order valence-corrected chi connectivity index (χ0v) is 14.7. The largest absolute Gasteiger partial charge is 0.505 e. The highest BCUT2D eigenvalue weighted by atomic mass is 32.1. The minimum atomic E-state index is -4.38. The van der Waals surface area contributed by atoms with E-state index in [2.05, 4.69) is 0 Å². The fourth-order valence-electron chi connectivity index (χ4n) is 2.53. The number of alkyl halides is 3. The van der Waals surface area contributed by atoms with Crippen LogP contribution in [-0.4, -0.2) is 18.3 Å². The zero-order valence-electron chi connectivity index (χ0n) is 13.9. The van der Waals surface area contributed by atoms with Gasteiger partial charge in [-0.05, 0) is 39.8 Å². The van der Waals surface area contributed by atoms with Gasteiger partial charge in [0.05, 0.1) is 16.8 Å². The Balaban J connectivity index is 1.94. The van der Waals surface area contributed by atoms with Crippen molar-refractivity contribution in [1.29, 1.82) is 0 Å². The molecule has 0 aliphatic carbocycles. The molecule has 1 aliphatic rings. The highest BCUT2D eigenvalue weighted by molar-refractivity contribution is 7.25. The SMILES string of the molecule is CC1(C)OB(c2ccc(-c3ccccc3C(F)(F)F)s2)OC1(C)C. The fourth-order valence-corrected chi connectivity index (χ4v) is 3.54. The first-order valence-electron chi connectivity index (χ1n) is 7.63. The second-order valence-corrected chi connectivity index (χ2v) is 7.95. The zero-order chi connectivity index (χ0) is 17.8. The Labute approximate surface area is 143 Å². The molecule has 1 aromatic carbocycles. The van der Waals surface area contributed by atoms with Crippen LogP contribution in [-0.2, 0) is 15.5 Å². The van der Waals surface area contributed by atoms with Gasteiger partial charge < -0.3 is 9.31 Å². The number of benzene rings is 1. The van der Waals surface area contributed by atoms with Gasteiger partial charge in [0.2, 0.25) is 0 Å². The summed E-state index contributed by atoms with van der Waals surface area (Å²) in [6.07, 6.45) is -4.38. The van der Waals surface area contributed by atoms with Gasteiger partial charge in [0.25, 0.3) is 0 Å². The van der Waals surface area contributed by atoms with Gasteiger partial charge in [-0.25, -0.2) is 0 Å². The number of thiophene rings is 1. The lowest BCUT2D eigenvalue weighted by Crippen LogP contribution is -2.41. The maximum absolute atomic E-state index is 13.2. The molecule has 1 aromatic heterocycles. The summed E-state index contributed by atoms with van der Waals surface area (Å²) in [6.45, 7) is 7.78. The molecule has 0 bridgehead atoms. The summed E-state index contributed by atoms with van der Waals surface area (Å²) in [6, 6.07) is 9.06. The number of halogens is 3. The van der Waals surface area contributed by atoms with Crippen LogP contribution in [0.5, 0.6) is 0 Å². The van der Waals surface area contributed by atoms with Crippen molar-refractivity contribution in [2.45, 2.75) is 45.1 Å². The van der Waals surface area contributed by atoms with E-state index in [1.807, 2.05) is 27.7 Å². The van der Waals surface area contributed by atoms with E-state index in [0.717, 1.165) is 10.8 Å². The Morgan fingerprint density at radius 1 is 0.917 bits per heavy atom. The lowest BCUT2D eigenvalue weighted by atomic mass is 9.88. The molecule has 0 radical (unpaired) electrons. The first-order valence-corrected chi connectivity index (χ1v) is 8.45. The van der Waals surface area contributed by atoms with Crippen LogP contribution in [0.2, 0.25) is 0 Å². The summed E-state index contributed by atoms with van der Waals surface area (Å²) in [4.78, 5) is 0.549. The standard InChI is InChI=1S/C17H18BF3O2S/c1-15(2)16(3,4)23-18(22-15)14-10-9-13(24-14)11-7-5-6-8-12(11)17(19,20)21/h5-10H,1-4H3. The molecule has 2 nitrogen and oxygen atoms in total. The Kier molecular flexibility index (Phi) is 4.09. The van der Waals surface area contributed by atoms with E-state index >= 15 is 0 Å². The van der Waals surface area contributed by atoms with Crippen LogP contribution in [0.1, 0.15) is 33.3 Å². The second-order valence-electron chi connectivity index (χ2n) is 6.83. The van der Waals surface area contributed by atoms with Gasteiger partial charge in [-0.1, -0.05) is 24.3 Å². The van der Waals surface area contributed by atoms with E-state index in [-0.39, 0.29) is 5.56 Å². The molecular formula is C17H18BF3O2S. The summed E-state index contributed by atoms with van der Waals surface area (Å²) >= 11 is 1.26. The predicted molar refractivity (Wildman–Crippen MR) is 90.5 cm³/mol. The molecule has 7 heteroatoms. The average molecular weight is 354 g/mol. The maximum Gasteiger partial charge on any atom is 0.505 e. The van der Waals surface area contributed by atoms with Crippen molar-refractivity contribution in [3.8, 4) is 10.4 Å². The minimum Gasteiger partial charge on any atom is -0.399 e. The normalized spacial score (nSPS) is 19.7. The van der Waals surface area contributed by atoms with Crippen LogP contribution >= 0.6 is 11.3 Å². The van der Waals surface area contributed by atoms with Crippen LogP contribution < -0.4 is 4.78 Å². The van der Waals surface area contributed by atoms with Crippen LogP contribution in [0.15, 0.2) is 36.4 Å². The Bertz CT molecular complexity index is 736. The van der Waals surface area contributed by atoms with Crippen molar-refractivity contribution >= 4 is 23.2 Å². The summed E-state index contributed by atoms with van der Waals surface area (Å²) < 4.78 is 52.3. The molecule has 0 N–H and O–H groups in total. The van der Waals surface area contributed by atoms with Gasteiger partial charge in [0.15, 0.2) is 0 Å².